The van der Waals surface area contributed by atoms with Gasteiger partial charge in [-0.2, -0.15) is 0 Å². The topological polar surface area (TPSA) is 209 Å². The number of hydrogen-bond acceptors (Lipinski definition) is 13. The van der Waals surface area contributed by atoms with Crippen LogP contribution in [0.4, 0.5) is 0 Å². The molecule has 2 aliphatic rings. The number of rotatable bonds is 6. The third kappa shape index (κ3) is 4.37. The maximum Gasteiger partial charge on any atom is 0.229 e. The molecule has 2 aromatic rings. The van der Waals surface area contributed by atoms with Crippen molar-refractivity contribution in [1.29, 1.82) is 0 Å². The Kier molecular flexibility index (Phi) is 6.83. The molecule has 0 spiro atoms. The molecule has 1 aromatic carbocycles. The third-order valence-corrected chi connectivity index (χ3v) is 5.84. The van der Waals surface area contributed by atoms with Gasteiger partial charge in [0.05, 0.1) is 19.8 Å². The Morgan fingerprint density at radius 1 is 1.12 bits per heavy atom. The number of hydrogen-bond donors (Lipinski definition) is 7. The largest absolute Gasteiger partial charge is 0.508 e. The Morgan fingerprint density at radius 2 is 1.85 bits per heavy atom. The summed E-state index contributed by atoms with van der Waals surface area (Å²) in [5, 5.41) is 70.3. The van der Waals surface area contributed by atoms with Gasteiger partial charge < -0.3 is 59.1 Å². The summed E-state index contributed by atoms with van der Waals surface area (Å²) >= 11 is 0. The monoisotopic (exact) mass is 486 g/mol. The van der Waals surface area contributed by atoms with Crippen molar-refractivity contribution in [2.75, 3.05) is 19.8 Å². The lowest BCUT2D eigenvalue weighted by Gasteiger charge is -2.42. The highest BCUT2D eigenvalue weighted by Gasteiger charge is 2.53. The maximum atomic E-state index is 12.6. The van der Waals surface area contributed by atoms with Gasteiger partial charge in [0.2, 0.25) is 6.29 Å². The standard InChI is InChI=1S/C21H26O13/c1-8-2-10(25)14-11(31-8)3-9(24)4-12(14)32-19-17(16(27)15(26)13(5-22)33-19)34-20-18(28)21(29,6-23)7-30-20/h2-4,13,15-20,22-24,26-29H,5-7H2,1H3. The van der Waals surface area contributed by atoms with Crippen LogP contribution < -0.4 is 10.2 Å². The number of aliphatic hydroxyl groups excluding tert-OH is 5. The van der Waals surface area contributed by atoms with E-state index in [1.54, 1.807) is 6.92 Å². The molecular weight excluding hydrogens is 460 g/mol. The third-order valence-electron chi connectivity index (χ3n) is 5.84. The van der Waals surface area contributed by atoms with Gasteiger partial charge in [-0.3, -0.25) is 4.79 Å². The summed E-state index contributed by atoms with van der Waals surface area (Å²) in [6, 6.07) is 3.52. The number of aliphatic hydroxyl groups is 6. The second kappa shape index (κ2) is 9.37. The molecule has 34 heavy (non-hydrogen) atoms. The fourth-order valence-corrected chi connectivity index (χ4v) is 3.94. The molecule has 13 nitrogen and oxygen atoms in total. The molecule has 2 saturated heterocycles. The van der Waals surface area contributed by atoms with Gasteiger partial charge in [-0.15, -0.1) is 0 Å². The van der Waals surface area contributed by atoms with Gasteiger partial charge in [0.25, 0.3) is 0 Å². The first kappa shape index (κ1) is 24.8. The summed E-state index contributed by atoms with van der Waals surface area (Å²) in [5.41, 5.74) is -2.51. The summed E-state index contributed by atoms with van der Waals surface area (Å²) in [7, 11) is 0. The van der Waals surface area contributed by atoms with Crippen LogP contribution in [-0.2, 0) is 14.2 Å². The van der Waals surface area contributed by atoms with E-state index in [1.165, 1.54) is 12.1 Å². The first-order valence-electron chi connectivity index (χ1n) is 10.4. The Hall–Kier alpha value is -2.33. The Morgan fingerprint density at radius 3 is 2.50 bits per heavy atom. The number of fused-ring (bicyclic) bond motifs is 1. The fourth-order valence-electron chi connectivity index (χ4n) is 3.94. The first-order valence-corrected chi connectivity index (χ1v) is 10.4. The predicted octanol–water partition coefficient (Wildman–Crippen LogP) is -2.55. The molecule has 8 atom stereocenters. The number of aryl methyl sites for hydroxylation is 1. The second-order valence-corrected chi connectivity index (χ2v) is 8.35. The van der Waals surface area contributed by atoms with Crippen molar-refractivity contribution in [2.24, 2.45) is 0 Å². The highest BCUT2D eigenvalue weighted by atomic mass is 16.8. The van der Waals surface area contributed by atoms with E-state index in [0.717, 1.165) is 6.07 Å². The van der Waals surface area contributed by atoms with E-state index in [2.05, 4.69) is 0 Å². The molecule has 13 heteroatoms. The molecule has 8 unspecified atom stereocenters. The highest BCUT2D eigenvalue weighted by Crippen LogP contribution is 2.35. The van der Waals surface area contributed by atoms with Crippen LogP contribution in [0.5, 0.6) is 11.5 Å². The van der Waals surface area contributed by atoms with Crippen molar-refractivity contribution in [3.8, 4) is 11.5 Å². The van der Waals surface area contributed by atoms with E-state index in [-0.39, 0.29) is 28.2 Å². The average molecular weight is 486 g/mol. The van der Waals surface area contributed by atoms with E-state index in [9.17, 15) is 40.5 Å². The molecule has 3 heterocycles. The van der Waals surface area contributed by atoms with Crippen molar-refractivity contribution in [1.82, 2.24) is 0 Å². The van der Waals surface area contributed by atoms with Gasteiger partial charge in [-0.05, 0) is 6.92 Å². The van der Waals surface area contributed by atoms with E-state index in [0.29, 0.717) is 0 Å². The van der Waals surface area contributed by atoms with Gasteiger partial charge in [0.15, 0.2) is 17.8 Å². The predicted molar refractivity (Wildman–Crippen MR) is 110 cm³/mol. The number of ether oxygens (including phenoxy) is 4. The highest BCUT2D eigenvalue weighted by molar-refractivity contribution is 5.85. The minimum absolute atomic E-state index is 0.00938. The molecular formula is C21H26O13. The van der Waals surface area contributed by atoms with Crippen LogP contribution in [0.2, 0.25) is 0 Å². The van der Waals surface area contributed by atoms with Gasteiger partial charge in [-0.25, -0.2) is 0 Å². The van der Waals surface area contributed by atoms with Crippen molar-refractivity contribution in [2.45, 2.75) is 55.6 Å². The molecule has 0 saturated carbocycles. The zero-order valence-electron chi connectivity index (χ0n) is 18.0. The molecule has 0 aliphatic carbocycles. The Bertz CT molecular complexity index is 1080. The van der Waals surface area contributed by atoms with Gasteiger partial charge in [0, 0.05) is 18.2 Å². The van der Waals surface area contributed by atoms with Crippen molar-refractivity contribution >= 4 is 11.0 Å². The lowest BCUT2D eigenvalue weighted by Crippen LogP contribution is -2.62. The number of phenolic OH excluding ortho intramolecular Hbond substituents is 1. The summed E-state index contributed by atoms with van der Waals surface area (Å²) in [6.45, 7) is -0.481. The lowest BCUT2D eigenvalue weighted by molar-refractivity contribution is -0.318. The maximum absolute atomic E-state index is 12.6. The van der Waals surface area contributed by atoms with Gasteiger partial charge in [-0.1, -0.05) is 0 Å². The van der Waals surface area contributed by atoms with Gasteiger partial charge in [0.1, 0.15) is 58.2 Å². The summed E-state index contributed by atoms with van der Waals surface area (Å²) < 4.78 is 27.5. The number of aromatic hydroxyl groups is 1. The minimum atomic E-state index is -2.02. The molecule has 2 aliphatic heterocycles. The van der Waals surface area contributed by atoms with E-state index in [1.807, 2.05) is 0 Å². The lowest BCUT2D eigenvalue weighted by atomic mass is 9.98. The quantitative estimate of drug-likeness (QED) is 0.225. The van der Waals surface area contributed by atoms with Crippen LogP contribution >= 0.6 is 0 Å². The molecule has 4 rings (SSSR count). The van der Waals surface area contributed by atoms with E-state index < -0.39 is 74.0 Å². The van der Waals surface area contributed by atoms with Crippen LogP contribution in [0, 0.1) is 6.92 Å². The molecule has 0 radical (unpaired) electrons. The van der Waals surface area contributed by atoms with Crippen LogP contribution in [0.25, 0.3) is 11.0 Å². The van der Waals surface area contributed by atoms with Gasteiger partial charge >= 0.3 is 0 Å². The normalized spacial score (nSPS) is 36.1. The Labute approximate surface area is 191 Å². The average Bonchev–Trinajstić information content (AvgIpc) is 3.06. The van der Waals surface area contributed by atoms with Crippen LogP contribution in [0.3, 0.4) is 0 Å². The fraction of sp³-hybridized carbons (Fsp3) is 0.571. The minimum Gasteiger partial charge on any atom is -0.508 e. The molecule has 0 amide bonds. The first-order chi connectivity index (χ1) is 16.1. The van der Waals surface area contributed by atoms with Crippen LogP contribution in [0.1, 0.15) is 5.76 Å². The molecule has 188 valence electrons. The molecule has 7 N–H and O–H groups in total. The number of phenols is 1. The summed E-state index contributed by atoms with van der Waals surface area (Å²) in [4.78, 5) is 12.6. The molecule has 1 aromatic heterocycles. The van der Waals surface area contributed by atoms with E-state index >= 15 is 0 Å². The summed E-state index contributed by atoms with van der Waals surface area (Å²) in [6.07, 6.45) is -11.2. The van der Waals surface area contributed by atoms with E-state index in [4.69, 9.17) is 23.4 Å². The van der Waals surface area contributed by atoms with Crippen LogP contribution in [-0.4, -0.2) is 104 Å². The summed E-state index contributed by atoms with van der Waals surface area (Å²) in [5.74, 6) is -0.236. The number of benzene rings is 1. The van der Waals surface area contributed by atoms with Crippen molar-refractivity contribution in [3.63, 3.8) is 0 Å². The van der Waals surface area contributed by atoms with Crippen LogP contribution in [0.15, 0.2) is 27.4 Å². The second-order valence-electron chi connectivity index (χ2n) is 8.35. The van der Waals surface area contributed by atoms with Crippen molar-refractivity contribution in [3.05, 3.63) is 34.2 Å². The molecule has 0 bridgehead atoms. The zero-order chi connectivity index (χ0) is 24.8. The molecule has 2 fully saturated rings. The Balaban J connectivity index is 1.69. The van der Waals surface area contributed by atoms with Crippen molar-refractivity contribution < 1.29 is 59.1 Å². The smallest absolute Gasteiger partial charge is 0.229 e. The SMILES string of the molecule is Cc1cc(=O)c2c(OC3OC(CO)C(O)C(O)C3OC3OCC(O)(CO)C3O)cc(O)cc2o1. The zero-order valence-corrected chi connectivity index (χ0v) is 18.0.